The van der Waals surface area contributed by atoms with E-state index in [1.807, 2.05) is 6.92 Å². The maximum absolute atomic E-state index is 11.8. The second kappa shape index (κ2) is 8.81. The van der Waals surface area contributed by atoms with Gasteiger partial charge in [-0.1, -0.05) is 38.3 Å². The van der Waals surface area contributed by atoms with Crippen LogP contribution in [0.15, 0.2) is 18.2 Å². The molecule has 0 aliphatic rings. The number of hydrogen-bond acceptors (Lipinski definition) is 3. The Hall–Kier alpha value is -1.22. The molecule has 1 aromatic rings. The zero-order valence-corrected chi connectivity index (χ0v) is 12.3. The molecule has 0 saturated heterocycles. The first kappa shape index (κ1) is 15.8. The van der Waals surface area contributed by atoms with Crippen LogP contribution >= 0.6 is 11.6 Å². The molecule has 0 aromatic heterocycles. The van der Waals surface area contributed by atoms with Gasteiger partial charge in [-0.05, 0) is 31.0 Å². The van der Waals surface area contributed by atoms with Gasteiger partial charge in [0.1, 0.15) is 5.75 Å². The molecule has 0 heterocycles. The number of carbonyl (C=O) groups excluding carboxylic acids is 1. The van der Waals surface area contributed by atoms with Crippen molar-refractivity contribution >= 4 is 17.6 Å². The number of unbranched alkanes of at least 4 members (excludes halogenated alkanes) is 2. The van der Waals surface area contributed by atoms with E-state index >= 15 is 0 Å². The normalized spacial score (nSPS) is 10.3. The lowest BCUT2D eigenvalue weighted by Crippen LogP contribution is -2.07. The van der Waals surface area contributed by atoms with Gasteiger partial charge in [0.05, 0.1) is 23.8 Å². The van der Waals surface area contributed by atoms with E-state index in [-0.39, 0.29) is 5.97 Å². The molecule has 0 fully saturated rings. The summed E-state index contributed by atoms with van der Waals surface area (Å²) in [4.78, 5) is 11.8. The minimum Gasteiger partial charge on any atom is -0.494 e. The summed E-state index contributed by atoms with van der Waals surface area (Å²) < 4.78 is 10.6. The van der Waals surface area contributed by atoms with Crippen molar-refractivity contribution in [1.29, 1.82) is 0 Å². The molecular weight excluding hydrogens is 264 g/mol. The van der Waals surface area contributed by atoms with Crippen LogP contribution in [0.4, 0.5) is 0 Å². The van der Waals surface area contributed by atoms with Crippen LogP contribution in [0.25, 0.3) is 0 Å². The van der Waals surface area contributed by atoms with Crippen LogP contribution in [0, 0.1) is 0 Å². The van der Waals surface area contributed by atoms with Gasteiger partial charge in [-0.2, -0.15) is 0 Å². The number of benzene rings is 1. The van der Waals surface area contributed by atoms with Gasteiger partial charge < -0.3 is 9.47 Å². The Labute approximate surface area is 119 Å². The third-order valence-electron chi connectivity index (χ3n) is 2.66. The quantitative estimate of drug-likeness (QED) is 0.522. The fourth-order valence-electron chi connectivity index (χ4n) is 1.47. The number of carbonyl (C=O) groups is 1. The number of halogens is 1. The lowest BCUT2D eigenvalue weighted by Gasteiger charge is -2.09. The van der Waals surface area contributed by atoms with Gasteiger partial charge in [0.15, 0.2) is 0 Å². The molecule has 4 heteroatoms. The van der Waals surface area contributed by atoms with E-state index in [0.29, 0.717) is 29.5 Å². The summed E-state index contributed by atoms with van der Waals surface area (Å²) in [6.45, 7) is 5.24. The molecule has 1 rings (SSSR count). The van der Waals surface area contributed by atoms with E-state index < -0.39 is 0 Å². The number of esters is 1. The Kier molecular flexibility index (Phi) is 7.34. The summed E-state index contributed by atoms with van der Waals surface area (Å²) in [6.07, 6.45) is 3.93. The SMILES string of the molecule is CCCCOC(=O)c1ccc(OCCCC)cc1Cl. The molecule has 0 unspecified atom stereocenters. The van der Waals surface area contributed by atoms with Crippen molar-refractivity contribution in [3.05, 3.63) is 28.8 Å². The molecule has 106 valence electrons. The van der Waals surface area contributed by atoms with Gasteiger partial charge in [-0.15, -0.1) is 0 Å². The third kappa shape index (κ3) is 5.52. The van der Waals surface area contributed by atoms with Gasteiger partial charge in [0.2, 0.25) is 0 Å². The maximum atomic E-state index is 11.8. The molecule has 0 amide bonds. The van der Waals surface area contributed by atoms with Gasteiger partial charge in [0, 0.05) is 0 Å². The van der Waals surface area contributed by atoms with E-state index in [1.54, 1.807) is 18.2 Å². The Morgan fingerprint density at radius 2 is 1.84 bits per heavy atom. The van der Waals surface area contributed by atoms with Crippen molar-refractivity contribution in [2.24, 2.45) is 0 Å². The lowest BCUT2D eigenvalue weighted by molar-refractivity contribution is 0.0500. The molecule has 0 aliphatic carbocycles. The zero-order valence-electron chi connectivity index (χ0n) is 11.6. The average Bonchev–Trinajstić information content (AvgIpc) is 2.39. The molecule has 0 spiro atoms. The highest BCUT2D eigenvalue weighted by atomic mass is 35.5. The molecule has 0 saturated carbocycles. The zero-order chi connectivity index (χ0) is 14.1. The van der Waals surface area contributed by atoms with Gasteiger partial charge in [-0.25, -0.2) is 4.79 Å². The summed E-state index contributed by atoms with van der Waals surface area (Å²) in [7, 11) is 0. The van der Waals surface area contributed by atoms with Crippen LogP contribution < -0.4 is 4.74 Å². The molecule has 3 nitrogen and oxygen atoms in total. The summed E-state index contributed by atoms with van der Waals surface area (Å²) in [5.74, 6) is 0.308. The van der Waals surface area contributed by atoms with Crippen molar-refractivity contribution in [2.75, 3.05) is 13.2 Å². The molecular formula is C15H21ClO3. The van der Waals surface area contributed by atoms with Crippen molar-refractivity contribution in [1.82, 2.24) is 0 Å². The highest BCUT2D eigenvalue weighted by molar-refractivity contribution is 6.33. The van der Waals surface area contributed by atoms with E-state index in [0.717, 1.165) is 25.7 Å². The third-order valence-corrected chi connectivity index (χ3v) is 2.97. The molecule has 0 aliphatic heterocycles. The maximum Gasteiger partial charge on any atom is 0.339 e. The lowest BCUT2D eigenvalue weighted by atomic mass is 10.2. The van der Waals surface area contributed by atoms with Crippen molar-refractivity contribution in [3.63, 3.8) is 0 Å². The van der Waals surface area contributed by atoms with Crippen LogP contribution in [0.2, 0.25) is 5.02 Å². The van der Waals surface area contributed by atoms with Crippen molar-refractivity contribution in [2.45, 2.75) is 39.5 Å². The standard InChI is InChI=1S/C15H21ClO3/c1-3-5-9-18-12-7-8-13(14(16)11-12)15(17)19-10-6-4-2/h7-8,11H,3-6,9-10H2,1-2H3. The second-order valence-electron chi connectivity index (χ2n) is 4.33. The second-order valence-corrected chi connectivity index (χ2v) is 4.74. The first-order valence-electron chi connectivity index (χ1n) is 6.78. The summed E-state index contributed by atoms with van der Waals surface area (Å²) >= 11 is 6.07. The molecule has 19 heavy (non-hydrogen) atoms. The first-order valence-corrected chi connectivity index (χ1v) is 7.16. The topological polar surface area (TPSA) is 35.5 Å². The number of hydrogen-bond donors (Lipinski definition) is 0. The summed E-state index contributed by atoms with van der Waals surface area (Å²) in [5.41, 5.74) is 0.389. The number of ether oxygens (including phenoxy) is 2. The Morgan fingerprint density at radius 1 is 1.16 bits per heavy atom. The van der Waals surface area contributed by atoms with Gasteiger partial charge >= 0.3 is 5.97 Å². The van der Waals surface area contributed by atoms with Crippen LogP contribution in [-0.4, -0.2) is 19.2 Å². The Balaban J connectivity index is 2.58. The number of rotatable bonds is 8. The predicted octanol–water partition coefficient (Wildman–Crippen LogP) is 4.48. The van der Waals surface area contributed by atoms with Crippen LogP contribution in [0.1, 0.15) is 49.9 Å². The Bertz CT molecular complexity index is 404. The van der Waals surface area contributed by atoms with Gasteiger partial charge in [0.25, 0.3) is 0 Å². The predicted molar refractivity (Wildman–Crippen MR) is 77.0 cm³/mol. The monoisotopic (exact) mass is 284 g/mol. The van der Waals surface area contributed by atoms with Crippen LogP contribution in [0.5, 0.6) is 5.75 Å². The Morgan fingerprint density at radius 3 is 2.47 bits per heavy atom. The van der Waals surface area contributed by atoms with E-state index in [9.17, 15) is 4.79 Å². The minimum absolute atomic E-state index is 0.371. The fourth-order valence-corrected chi connectivity index (χ4v) is 1.72. The molecule has 1 aromatic carbocycles. The largest absolute Gasteiger partial charge is 0.494 e. The van der Waals surface area contributed by atoms with E-state index in [2.05, 4.69) is 6.92 Å². The first-order chi connectivity index (χ1) is 9.19. The molecule has 0 bridgehead atoms. The van der Waals surface area contributed by atoms with E-state index in [4.69, 9.17) is 21.1 Å². The van der Waals surface area contributed by atoms with Crippen LogP contribution in [-0.2, 0) is 4.74 Å². The minimum atomic E-state index is -0.376. The average molecular weight is 285 g/mol. The molecule has 0 atom stereocenters. The van der Waals surface area contributed by atoms with Crippen molar-refractivity contribution < 1.29 is 14.3 Å². The van der Waals surface area contributed by atoms with Crippen molar-refractivity contribution in [3.8, 4) is 5.75 Å². The smallest absolute Gasteiger partial charge is 0.339 e. The summed E-state index contributed by atoms with van der Waals surface area (Å²) in [5, 5.41) is 0.371. The summed E-state index contributed by atoms with van der Waals surface area (Å²) in [6, 6.07) is 5.06. The molecule has 0 radical (unpaired) electrons. The highest BCUT2D eigenvalue weighted by Crippen LogP contribution is 2.23. The fraction of sp³-hybridized carbons (Fsp3) is 0.533. The van der Waals surface area contributed by atoms with Gasteiger partial charge in [-0.3, -0.25) is 0 Å². The molecule has 0 N–H and O–H groups in total. The van der Waals surface area contributed by atoms with Crippen LogP contribution in [0.3, 0.4) is 0 Å². The highest BCUT2D eigenvalue weighted by Gasteiger charge is 2.12. The van der Waals surface area contributed by atoms with E-state index in [1.165, 1.54) is 0 Å².